The lowest BCUT2D eigenvalue weighted by Crippen LogP contribution is -2.26. The molecule has 5 nitrogen and oxygen atoms in total. The van der Waals surface area contributed by atoms with Gasteiger partial charge in [-0.1, -0.05) is 27.7 Å². The summed E-state index contributed by atoms with van der Waals surface area (Å²) in [7, 11) is 0. The van der Waals surface area contributed by atoms with Crippen LogP contribution in [0.25, 0.3) is 5.78 Å². The first kappa shape index (κ1) is 14.8. The average molecular weight is 275 g/mol. The zero-order valence-electron chi connectivity index (χ0n) is 13.3. The third-order valence-electron chi connectivity index (χ3n) is 4.12. The number of nitrogens with one attached hydrogen (secondary N) is 1. The van der Waals surface area contributed by atoms with E-state index in [-0.39, 0.29) is 0 Å². The summed E-state index contributed by atoms with van der Waals surface area (Å²) in [5, 5.41) is 7.83. The van der Waals surface area contributed by atoms with Gasteiger partial charge in [0.2, 0.25) is 0 Å². The highest BCUT2D eigenvalue weighted by Crippen LogP contribution is 2.23. The molecule has 2 aromatic rings. The molecule has 0 saturated heterocycles. The summed E-state index contributed by atoms with van der Waals surface area (Å²) in [6, 6.07) is 0. The Labute approximate surface area is 120 Å². The Bertz CT molecular complexity index is 577. The van der Waals surface area contributed by atoms with E-state index in [4.69, 9.17) is 0 Å². The quantitative estimate of drug-likeness (QED) is 0.911. The second-order valence-electron chi connectivity index (χ2n) is 6.18. The zero-order valence-corrected chi connectivity index (χ0v) is 13.3. The molecule has 0 saturated carbocycles. The first-order valence-corrected chi connectivity index (χ1v) is 7.32. The molecule has 0 atom stereocenters. The van der Waals surface area contributed by atoms with Crippen molar-refractivity contribution >= 4 is 11.6 Å². The zero-order chi connectivity index (χ0) is 14.9. The predicted octanol–water partition coefficient (Wildman–Crippen LogP) is 3.08. The Morgan fingerprint density at radius 2 is 1.80 bits per heavy atom. The van der Waals surface area contributed by atoms with Crippen LogP contribution in [0, 0.1) is 31.6 Å². The maximum absolute atomic E-state index is 4.44. The van der Waals surface area contributed by atoms with Crippen LogP contribution in [0.4, 0.5) is 5.82 Å². The third kappa shape index (κ3) is 2.76. The van der Waals surface area contributed by atoms with Crippen molar-refractivity contribution in [3.05, 3.63) is 17.6 Å². The van der Waals surface area contributed by atoms with E-state index >= 15 is 0 Å². The van der Waals surface area contributed by atoms with Crippen LogP contribution in [-0.2, 0) is 0 Å². The van der Waals surface area contributed by atoms with Gasteiger partial charge >= 0.3 is 0 Å². The van der Waals surface area contributed by atoms with Gasteiger partial charge in [0.05, 0.1) is 0 Å². The van der Waals surface area contributed by atoms with Crippen molar-refractivity contribution in [2.75, 3.05) is 11.9 Å². The third-order valence-corrected chi connectivity index (χ3v) is 4.12. The minimum absolute atomic E-state index is 0.626. The van der Waals surface area contributed by atoms with E-state index < -0.39 is 0 Å². The minimum Gasteiger partial charge on any atom is -0.369 e. The maximum atomic E-state index is 4.44. The molecular weight excluding hydrogens is 250 g/mol. The molecule has 0 amide bonds. The number of aromatic nitrogens is 4. The van der Waals surface area contributed by atoms with Crippen molar-refractivity contribution in [3.63, 3.8) is 0 Å². The second-order valence-corrected chi connectivity index (χ2v) is 6.18. The molecule has 0 radical (unpaired) electrons. The fourth-order valence-electron chi connectivity index (χ4n) is 2.70. The Balaban J connectivity index is 2.29. The van der Waals surface area contributed by atoms with Gasteiger partial charge in [-0.05, 0) is 31.6 Å². The second kappa shape index (κ2) is 5.77. The molecule has 110 valence electrons. The Hall–Kier alpha value is -1.65. The summed E-state index contributed by atoms with van der Waals surface area (Å²) < 4.78 is 1.79. The van der Waals surface area contributed by atoms with Gasteiger partial charge < -0.3 is 5.32 Å². The topological polar surface area (TPSA) is 55.1 Å². The van der Waals surface area contributed by atoms with Crippen LogP contribution in [-0.4, -0.2) is 26.1 Å². The Kier molecular flexibility index (Phi) is 4.26. The lowest BCUT2D eigenvalue weighted by atomic mass is 9.85. The average Bonchev–Trinajstić information content (AvgIpc) is 2.80. The van der Waals surface area contributed by atoms with E-state index in [1.807, 2.05) is 6.92 Å². The van der Waals surface area contributed by atoms with Gasteiger partial charge in [0.25, 0.3) is 5.78 Å². The summed E-state index contributed by atoms with van der Waals surface area (Å²) in [6.07, 6.45) is 1.55. The number of hydrogen-bond acceptors (Lipinski definition) is 4. The normalized spacial score (nSPS) is 12.1. The number of fused-ring (bicyclic) bond motifs is 1. The number of nitrogens with zero attached hydrogens (tertiary/aromatic N) is 4. The van der Waals surface area contributed by atoms with Crippen LogP contribution in [0.2, 0.25) is 0 Å². The molecule has 0 unspecified atom stereocenters. The van der Waals surface area contributed by atoms with Crippen LogP contribution < -0.4 is 5.32 Å². The number of aryl methyl sites for hydroxylation is 1. The van der Waals surface area contributed by atoms with Crippen LogP contribution in [0.1, 0.15) is 39.0 Å². The Morgan fingerprint density at radius 3 is 2.40 bits per heavy atom. The van der Waals surface area contributed by atoms with Crippen molar-refractivity contribution in [2.45, 2.75) is 41.5 Å². The molecule has 0 aliphatic heterocycles. The standard InChI is InChI=1S/C15H25N5/c1-9(2)13(10(3)4)7-16-14-11(5)12(6)19-15-17-8-18-20(14)15/h8-10,13,16H,7H2,1-6H3. The van der Waals surface area contributed by atoms with Crippen LogP contribution >= 0.6 is 0 Å². The monoisotopic (exact) mass is 275 g/mol. The van der Waals surface area contributed by atoms with E-state index in [9.17, 15) is 0 Å². The lowest BCUT2D eigenvalue weighted by Gasteiger charge is -2.26. The molecule has 2 rings (SSSR count). The minimum atomic E-state index is 0.626. The molecule has 0 fully saturated rings. The van der Waals surface area contributed by atoms with Gasteiger partial charge in [0, 0.05) is 17.8 Å². The van der Waals surface area contributed by atoms with E-state index in [0.29, 0.717) is 23.5 Å². The van der Waals surface area contributed by atoms with Crippen molar-refractivity contribution in [1.29, 1.82) is 0 Å². The summed E-state index contributed by atoms with van der Waals surface area (Å²) >= 11 is 0. The summed E-state index contributed by atoms with van der Waals surface area (Å²) in [6.45, 7) is 14.1. The summed E-state index contributed by atoms with van der Waals surface area (Å²) in [5.74, 6) is 3.59. The maximum Gasteiger partial charge on any atom is 0.254 e. The molecular formula is C15H25N5. The largest absolute Gasteiger partial charge is 0.369 e. The molecule has 5 heteroatoms. The smallest absolute Gasteiger partial charge is 0.254 e. The SMILES string of the molecule is Cc1nc2ncnn2c(NCC(C(C)C)C(C)C)c1C. The van der Waals surface area contributed by atoms with Crippen LogP contribution in [0.15, 0.2) is 6.33 Å². The number of rotatable bonds is 5. The van der Waals surface area contributed by atoms with Gasteiger partial charge in [-0.3, -0.25) is 0 Å². The van der Waals surface area contributed by atoms with Crippen LogP contribution in [0.5, 0.6) is 0 Å². The van der Waals surface area contributed by atoms with E-state index in [1.165, 1.54) is 0 Å². The summed E-state index contributed by atoms with van der Waals surface area (Å²) in [5.41, 5.74) is 2.13. The molecule has 2 heterocycles. The molecule has 0 aromatic carbocycles. The lowest BCUT2D eigenvalue weighted by molar-refractivity contribution is 0.304. The van der Waals surface area contributed by atoms with Gasteiger partial charge in [0.1, 0.15) is 12.1 Å². The molecule has 2 aromatic heterocycles. The van der Waals surface area contributed by atoms with Crippen molar-refractivity contribution in [2.24, 2.45) is 17.8 Å². The predicted molar refractivity (Wildman–Crippen MR) is 81.9 cm³/mol. The van der Waals surface area contributed by atoms with Gasteiger partial charge in [-0.15, -0.1) is 0 Å². The highest BCUT2D eigenvalue weighted by molar-refractivity contribution is 5.51. The van der Waals surface area contributed by atoms with Gasteiger partial charge in [-0.25, -0.2) is 4.98 Å². The first-order chi connectivity index (χ1) is 9.41. The van der Waals surface area contributed by atoms with Crippen molar-refractivity contribution in [3.8, 4) is 0 Å². The van der Waals surface area contributed by atoms with E-state index in [2.05, 4.69) is 55.0 Å². The summed E-state index contributed by atoms with van der Waals surface area (Å²) in [4.78, 5) is 8.62. The fraction of sp³-hybridized carbons (Fsp3) is 0.667. The van der Waals surface area contributed by atoms with E-state index in [0.717, 1.165) is 23.6 Å². The number of anilines is 1. The fourth-order valence-corrected chi connectivity index (χ4v) is 2.70. The molecule has 1 N–H and O–H groups in total. The van der Waals surface area contributed by atoms with Gasteiger partial charge in [0.15, 0.2) is 0 Å². The van der Waals surface area contributed by atoms with Crippen LogP contribution in [0.3, 0.4) is 0 Å². The molecule has 0 bridgehead atoms. The molecule has 0 aliphatic rings. The molecule has 0 spiro atoms. The van der Waals surface area contributed by atoms with Crippen molar-refractivity contribution in [1.82, 2.24) is 19.6 Å². The molecule has 20 heavy (non-hydrogen) atoms. The number of hydrogen-bond donors (Lipinski definition) is 1. The highest BCUT2D eigenvalue weighted by atomic mass is 15.4. The van der Waals surface area contributed by atoms with Gasteiger partial charge in [-0.2, -0.15) is 14.6 Å². The molecule has 0 aliphatic carbocycles. The highest BCUT2D eigenvalue weighted by Gasteiger charge is 2.19. The Morgan fingerprint density at radius 1 is 1.15 bits per heavy atom. The van der Waals surface area contributed by atoms with E-state index in [1.54, 1.807) is 10.8 Å². The van der Waals surface area contributed by atoms with Crippen molar-refractivity contribution < 1.29 is 0 Å². The first-order valence-electron chi connectivity index (χ1n) is 7.32.